The predicted octanol–water partition coefficient (Wildman–Crippen LogP) is 1.96. The largest absolute Gasteiger partial charge is 0.340 e. The monoisotopic (exact) mass is 330 g/mol. The van der Waals surface area contributed by atoms with Gasteiger partial charge in [-0.1, -0.05) is 20.8 Å². The molecule has 6 nitrogen and oxygen atoms in total. The van der Waals surface area contributed by atoms with Gasteiger partial charge in [-0.25, -0.2) is 0 Å². The minimum atomic E-state index is -0.997. The highest BCUT2D eigenvalue weighted by Gasteiger charge is 2.55. The first-order valence-corrected chi connectivity index (χ1v) is 8.75. The molecule has 0 spiro atoms. The van der Waals surface area contributed by atoms with Gasteiger partial charge in [0.1, 0.15) is 0 Å². The number of amides is 2. The number of nitrogens with zero attached hydrogens (tertiary/aromatic N) is 4. The average molecular weight is 330 g/mol. The first kappa shape index (κ1) is 16.9. The molecule has 3 rings (SSSR count). The van der Waals surface area contributed by atoms with Gasteiger partial charge < -0.3 is 9.80 Å². The summed E-state index contributed by atoms with van der Waals surface area (Å²) in [5.41, 5.74) is -0.941. The zero-order valence-corrected chi connectivity index (χ0v) is 14.8. The Balaban J connectivity index is 2.08. The fourth-order valence-electron chi connectivity index (χ4n) is 3.79. The molecule has 1 atom stereocenters. The van der Waals surface area contributed by atoms with Crippen LogP contribution in [0.1, 0.15) is 52.1 Å². The van der Waals surface area contributed by atoms with E-state index in [4.69, 9.17) is 0 Å². The molecule has 0 aromatic carbocycles. The van der Waals surface area contributed by atoms with Gasteiger partial charge in [-0.05, 0) is 25.7 Å². The van der Waals surface area contributed by atoms with Crippen LogP contribution in [0.5, 0.6) is 0 Å². The van der Waals surface area contributed by atoms with E-state index in [1.165, 1.54) is 0 Å². The van der Waals surface area contributed by atoms with Gasteiger partial charge in [-0.2, -0.15) is 0 Å². The van der Waals surface area contributed by atoms with Gasteiger partial charge in [0.05, 0.1) is 11.9 Å². The normalized spacial score (nSPS) is 24.5. The summed E-state index contributed by atoms with van der Waals surface area (Å²) in [5.74, 6) is 0.00815. The van der Waals surface area contributed by atoms with E-state index in [1.54, 1.807) is 23.5 Å². The smallest absolute Gasteiger partial charge is 0.254 e. The molecular formula is C18H26N4O2. The van der Waals surface area contributed by atoms with Crippen LogP contribution in [0.25, 0.3) is 0 Å². The zero-order chi connectivity index (χ0) is 17.4. The predicted molar refractivity (Wildman–Crippen MR) is 89.9 cm³/mol. The highest BCUT2D eigenvalue weighted by Crippen LogP contribution is 2.42. The quantitative estimate of drug-likeness (QED) is 0.831. The van der Waals surface area contributed by atoms with Crippen molar-refractivity contribution >= 4 is 11.8 Å². The van der Waals surface area contributed by atoms with Gasteiger partial charge in [0.25, 0.3) is 5.91 Å². The molecule has 2 aliphatic rings. The van der Waals surface area contributed by atoms with Gasteiger partial charge >= 0.3 is 0 Å². The van der Waals surface area contributed by atoms with E-state index in [1.807, 2.05) is 25.7 Å². The summed E-state index contributed by atoms with van der Waals surface area (Å²) < 4.78 is 0. The fourth-order valence-corrected chi connectivity index (χ4v) is 3.79. The summed E-state index contributed by atoms with van der Waals surface area (Å²) in [7, 11) is 0. The second kappa shape index (κ2) is 6.15. The van der Waals surface area contributed by atoms with Gasteiger partial charge in [-0.3, -0.25) is 19.6 Å². The van der Waals surface area contributed by atoms with Crippen LogP contribution >= 0.6 is 0 Å². The van der Waals surface area contributed by atoms with Crippen molar-refractivity contribution in [2.24, 2.45) is 5.41 Å². The molecule has 0 aliphatic carbocycles. The lowest BCUT2D eigenvalue weighted by Crippen LogP contribution is -2.58. The Bertz CT molecular complexity index is 620. The molecule has 0 saturated carbocycles. The maximum Gasteiger partial charge on any atom is 0.254 e. The van der Waals surface area contributed by atoms with E-state index in [0.717, 1.165) is 32.4 Å². The minimum absolute atomic E-state index is 0.00167. The van der Waals surface area contributed by atoms with E-state index < -0.39 is 11.0 Å². The summed E-state index contributed by atoms with van der Waals surface area (Å²) in [6.07, 6.45) is 8.31. The number of likely N-dealkylation sites (tertiary alicyclic amines) is 2. The van der Waals surface area contributed by atoms with Crippen molar-refractivity contribution in [1.29, 1.82) is 0 Å². The molecular weight excluding hydrogens is 304 g/mol. The van der Waals surface area contributed by atoms with E-state index >= 15 is 0 Å². The summed E-state index contributed by atoms with van der Waals surface area (Å²) >= 11 is 0. The van der Waals surface area contributed by atoms with Gasteiger partial charge in [0, 0.05) is 37.4 Å². The number of aromatic nitrogens is 2. The topological polar surface area (TPSA) is 66.4 Å². The molecule has 2 amide bonds. The number of hydrogen-bond acceptors (Lipinski definition) is 4. The third-order valence-electron chi connectivity index (χ3n) is 5.00. The Morgan fingerprint density at radius 1 is 1.08 bits per heavy atom. The van der Waals surface area contributed by atoms with Crippen LogP contribution in [0.2, 0.25) is 0 Å². The Labute approximate surface area is 143 Å². The lowest BCUT2D eigenvalue weighted by atomic mass is 9.86. The standard InChI is InChI=1S/C18H26N4O2/c1-17(2,3)15(23)22-12-6-7-18(22,14-13-19-8-9-20-14)16(24)21-10-4-5-11-21/h8-9,13H,4-7,10-12H2,1-3H3/t18-/m0/s1. The SMILES string of the molecule is CC(C)(C)C(=O)N1CCC[C@@]1(C(=O)N1CCCC1)c1cnccn1. The van der Waals surface area contributed by atoms with Crippen LogP contribution in [-0.4, -0.2) is 51.2 Å². The number of carbonyl (C=O) groups is 2. The van der Waals surface area contributed by atoms with Crippen LogP contribution in [0.4, 0.5) is 0 Å². The molecule has 2 fully saturated rings. The van der Waals surface area contributed by atoms with Gasteiger partial charge in [0.15, 0.2) is 5.54 Å². The lowest BCUT2D eigenvalue weighted by molar-refractivity contribution is -0.156. The van der Waals surface area contributed by atoms with E-state index in [-0.39, 0.29) is 11.8 Å². The molecule has 6 heteroatoms. The van der Waals surface area contributed by atoms with Gasteiger partial charge in [0.2, 0.25) is 5.91 Å². The second-order valence-electron chi connectivity index (χ2n) is 7.76. The third kappa shape index (κ3) is 2.68. The Morgan fingerprint density at radius 2 is 1.79 bits per heavy atom. The van der Waals surface area contributed by atoms with Crippen molar-refractivity contribution in [1.82, 2.24) is 19.8 Å². The van der Waals surface area contributed by atoms with Crippen molar-refractivity contribution in [2.75, 3.05) is 19.6 Å². The second-order valence-corrected chi connectivity index (χ2v) is 7.76. The van der Waals surface area contributed by atoms with Crippen LogP contribution in [0.3, 0.4) is 0 Å². The molecule has 2 aliphatic heterocycles. The molecule has 2 saturated heterocycles. The summed E-state index contributed by atoms with van der Waals surface area (Å²) in [6.45, 7) is 7.81. The molecule has 1 aromatic heterocycles. The Kier molecular flexibility index (Phi) is 4.32. The van der Waals surface area contributed by atoms with Crippen molar-refractivity contribution in [3.8, 4) is 0 Å². The minimum Gasteiger partial charge on any atom is -0.340 e. The first-order valence-electron chi connectivity index (χ1n) is 8.75. The van der Waals surface area contributed by atoms with Crippen LogP contribution in [0, 0.1) is 5.41 Å². The molecule has 1 aromatic rings. The van der Waals surface area contributed by atoms with Crippen molar-refractivity contribution < 1.29 is 9.59 Å². The molecule has 3 heterocycles. The average Bonchev–Trinajstić information content (AvgIpc) is 3.23. The maximum absolute atomic E-state index is 13.5. The first-order chi connectivity index (χ1) is 11.4. The van der Waals surface area contributed by atoms with E-state index in [9.17, 15) is 9.59 Å². The molecule has 24 heavy (non-hydrogen) atoms. The maximum atomic E-state index is 13.5. The van der Waals surface area contributed by atoms with Crippen LogP contribution in [-0.2, 0) is 15.1 Å². The van der Waals surface area contributed by atoms with Crippen LogP contribution < -0.4 is 0 Å². The summed E-state index contributed by atoms with van der Waals surface area (Å²) in [6, 6.07) is 0. The van der Waals surface area contributed by atoms with Crippen molar-refractivity contribution in [3.05, 3.63) is 24.3 Å². The molecule has 0 radical (unpaired) electrons. The Hall–Kier alpha value is -1.98. The highest BCUT2D eigenvalue weighted by molar-refractivity contribution is 5.94. The summed E-state index contributed by atoms with van der Waals surface area (Å²) in [4.78, 5) is 38.8. The van der Waals surface area contributed by atoms with E-state index in [0.29, 0.717) is 18.7 Å². The molecule has 0 unspecified atom stereocenters. The molecule has 0 bridgehead atoms. The van der Waals surface area contributed by atoms with E-state index in [2.05, 4.69) is 9.97 Å². The lowest BCUT2D eigenvalue weighted by Gasteiger charge is -2.41. The van der Waals surface area contributed by atoms with Crippen molar-refractivity contribution in [3.63, 3.8) is 0 Å². The molecule has 130 valence electrons. The third-order valence-corrected chi connectivity index (χ3v) is 5.00. The number of carbonyl (C=O) groups excluding carboxylic acids is 2. The highest BCUT2D eigenvalue weighted by atomic mass is 16.2. The summed E-state index contributed by atoms with van der Waals surface area (Å²) in [5, 5.41) is 0. The zero-order valence-electron chi connectivity index (χ0n) is 14.8. The Morgan fingerprint density at radius 3 is 2.38 bits per heavy atom. The van der Waals surface area contributed by atoms with Crippen LogP contribution in [0.15, 0.2) is 18.6 Å². The number of hydrogen-bond donors (Lipinski definition) is 0. The molecule has 0 N–H and O–H groups in total. The van der Waals surface area contributed by atoms with Crippen molar-refractivity contribution in [2.45, 2.75) is 52.0 Å². The van der Waals surface area contributed by atoms with Gasteiger partial charge in [-0.15, -0.1) is 0 Å². The number of rotatable bonds is 2. The fraction of sp³-hybridized carbons (Fsp3) is 0.667.